The predicted molar refractivity (Wildman–Crippen MR) is 83.1 cm³/mol. The van der Waals surface area contributed by atoms with Gasteiger partial charge in [0.05, 0.1) is 6.54 Å². The molecule has 2 heterocycles. The molecule has 0 radical (unpaired) electrons. The standard InChI is InChI=1S/C14H20N4O4.ClH/c15-12(19)11-5-9(22-18-11)8-17-13(20)21-10-6-14(7-10)1-3-16-4-2-14;/h5,10,16H,1-4,6-8H2,(H2,15,19)(H,17,20);1H. The van der Waals surface area contributed by atoms with Gasteiger partial charge in [0, 0.05) is 6.07 Å². The van der Waals surface area contributed by atoms with Gasteiger partial charge in [0.25, 0.3) is 5.91 Å². The van der Waals surface area contributed by atoms with E-state index in [2.05, 4.69) is 15.8 Å². The molecule has 1 aromatic heterocycles. The molecule has 8 nitrogen and oxygen atoms in total. The van der Waals surface area contributed by atoms with Gasteiger partial charge in [-0.1, -0.05) is 5.16 Å². The molecule has 23 heavy (non-hydrogen) atoms. The number of hydrogen-bond acceptors (Lipinski definition) is 6. The maximum atomic E-state index is 11.7. The van der Waals surface area contributed by atoms with E-state index in [1.165, 1.54) is 6.07 Å². The number of nitrogens with zero attached hydrogens (tertiary/aromatic N) is 1. The highest BCUT2D eigenvalue weighted by Gasteiger charge is 2.46. The second-order valence-electron chi connectivity index (χ2n) is 6.08. The van der Waals surface area contributed by atoms with Gasteiger partial charge in [-0.25, -0.2) is 4.79 Å². The van der Waals surface area contributed by atoms with Crippen molar-refractivity contribution in [3.05, 3.63) is 17.5 Å². The van der Waals surface area contributed by atoms with Crippen molar-refractivity contribution < 1.29 is 18.8 Å². The van der Waals surface area contributed by atoms with Crippen LogP contribution in [0.1, 0.15) is 41.9 Å². The highest BCUT2D eigenvalue weighted by molar-refractivity contribution is 5.90. The first kappa shape index (κ1) is 17.6. The number of rotatable bonds is 4. The number of nitrogens with one attached hydrogen (secondary N) is 2. The van der Waals surface area contributed by atoms with E-state index in [1.807, 2.05) is 0 Å². The van der Waals surface area contributed by atoms with Gasteiger partial charge in [-0.3, -0.25) is 4.79 Å². The first-order valence-electron chi connectivity index (χ1n) is 7.47. The zero-order valence-corrected chi connectivity index (χ0v) is 13.5. The lowest BCUT2D eigenvalue weighted by molar-refractivity contribution is -0.0577. The molecule has 2 aliphatic rings. The molecule has 0 bridgehead atoms. The zero-order chi connectivity index (χ0) is 15.6. The summed E-state index contributed by atoms with van der Waals surface area (Å²) in [7, 11) is 0. The minimum absolute atomic E-state index is 0. The summed E-state index contributed by atoms with van der Waals surface area (Å²) < 4.78 is 10.2. The van der Waals surface area contributed by atoms with E-state index in [1.54, 1.807) is 0 Å². The Labute approximate surface area is 139 Å². The largest absolute Gasteiger partial charge is 0.446 e. The predicted octanol–water partition coefficient (Wildman–Crippen LogP) is 0.954. The van der Waals surface area contributed by atoms with Crippen LogP contribution in [0.5, 0.6) is 0 Å². The van der Waals surface area contributed by atoms with Crippen molar-refractivity contribution in [2.24, 2.45) is 11.1 Å². The third-order valence-corrected chi connectivity index (χ3v) is 4.48. The molecule has 1 saturated heterocycles. The summed E-state index contributed by atoms with van der Waals surface area (Å²) in [6, 6.07) is 1.40. The first-order chi connectivity index (χ1) is 10.6. The van der Waals surface area contributed by atoms with Crippen molar-refractivity contribution in [2.75, 3.05) is 13.1 Å². The molecule has 4 N–H and O–H groups in total. The number of halogens is 1. The number of carbonyl (C=O) groups excluding carboxylic acids is 2. The second kappa shape index (κ2) is 7.18. The third kappa shape index (κ3) is 4.14. The summed E-state index contributed by atoms with van der Waals surface area (Å²) in [4.78, 5) is 22.6. The molecule has 1 spiro atoms. The van der Waals surface area contributed by atoms with Crippen molar-refractivity contribution in [3.63, 3.8) is 0 Å². The molecule has 0 aromatic carbocycles. The molecule has 2 fully saturated rings. The molecule has 128 valence electrons. The molecular formula is C14H21ClN4O4. The first-order valence-corrected chi connectivity index (χ1v) is 7.47. The highest BCUT2D eigenvalue weighted by Crippen LogP contribution is 2.49. The molecule has 1 saturated carbocycles. The fourth-order valence-electron chi connectivity index (χ4n) is 3.22. The van der Waals surface area contributed by atoms with Gasteiger partial charge in [-0.2, -0.15) is 0 Å². The number of hydrogen-bond donors (Lipinski definition) is 3. The Morgan fingerprint density at radius 2 is 2.13 bits per heavy atom. The van der Waals surface area contributed by atoms with Crippen LogP contribution in [0, 0.1) is 5.41 Å². The monoisotopic (exact) mass is 344 g/mol. The van der Waals surface area contributed by atoms with Crippen molar-refractivity contribution in [2.45, 2.75) is 38.3 Å². The molecular weight excluding hydrogens is 324 g/mol. The molecule has 1 aliphatic heterocycles. The van der Waals surface area contributed by atoms with Gasteiger partial charge >= 0.3 is 6.09 Å². The Hall–Kier alpha value is -1.80. The van der Waals surface area contributed by atoms with Crippen molar-refractivity contribution >= 4 is 24.4 Å². The summed E-state index contributed by atoms with van der Waals surface area (Å²) in [5.74, 6) is -0.312. The Morgan fingerprint density at radius 1 is 1.43 bits per heavy atom. The maximum Gasteiger partial charge on any atom is 0.407 e. The third-order valence-electron chi connectivity index (χ3n) is 4.48. The average Bonchev–Trinajstić information content (AvgIpc) is 2.94. The van der Waals surface area contributed by atoms with Gasteiger partial charge in [-0.15, -0.1) is 12.4 Å². The Kier molecular flexibility index (Phi) is 5.48. The van der Waals surface area contributed by atoms with E-state index in [0.717, 1.165) is 38.8 Å². The van der Waals surface area contributed by atoms with Crippen LogP contribution in [0.2, 0.25) is 0 Å². The second-order valence-corrected chi connectivity index (χ2v) is 6.08. The summed E-state index contributed by atoms with van der Waals surface area (Å²) in [6.07, 6.45) is 3.71. The van der Waals surface area contributed by atoms with E-state index in [-0.39, 0.29) is 30.7 Å². The van der Waals surface area contributed by atoms with Crippen molar-refractivity contribution in [1.82, 2.24) is 15.8 Å². The lowest BCUT2D eigenvalue weighted by Crippen LogP contribution is -2.49. The van der Waals surface area contributed by atoms with Crippen LogP contribution < -0.4 is 16.4 Å². The van der Waals surface area contributed by atoms with E-state index >= 15 is 0 Å². The Balaban J connectivity index is 0.00000192. The summed E-state index contributed by atoms with van der Waals surface area (Å²) in [6.45, 7) is 2.21. The summed E-state index contributed by atoms with van der Waals surface area (Å²) >= 11 is 0. The van der Waals surface area contributed by atoms with E-state index in [4.69, 9.17) is 15.0 Å². The van der Waals surface area contributed by atoms with Gasteiger partial charge in [0.2, 0.25) is 0 Å². The number of alkyl carbamates (subject to hydrolysis) is 1. The number of aromatic nitrogens is 1. The maximum absolute atomic E-state index is 11.7. The van der Waals surface area contributed by atoms with Crippen LogP contribution in [-0.2, 0) is 11.3 Å². The summed E-state index contributed by atoms with van der Waals surface area (Å²) in [5, 5.41) is 9.42. The van der Waals surface area contributed by atoms with Crippen molar-refractivity contribution in [3.8, 4) is 0 Å². The van der Waals surface area contributed by atoms with Crippen LogP contribution in [0.4, 0.5) is 4.79 Å². The fourth-order valence-corrected chi connectivity index (χ4v) is 3.22. The topological polar surface area (TPSA) is 119 Å². The van der Waals surface area contributed by atoms with Crippen LogP contribution in [-0.4, -0.2) is 36.4 Å². The quantitative estimate of drug-likeness (QED) is 0.748. The van der Waals surface area contributed by atoms with E-state index < -0.39 is 12.0 Å². The molecule has 3 rings (SSSR count). The average molecular weight is 345 g/mol. The van der Waals surface area contributed by atoms with Gasteiger partial charge in [-0.05, 0) is 44.2 Å². The number of nitrogens with two attached hydrogens (primary N) is 1. The Bertz CT molecular complexity index is 563. The summed E-state index contributed by atoms with van der Waals surface area (Å²) in [5.41, 5.74) is 5.48. The minimum Gasteiger partial charge on any atom is -0.446 e. The van der Waals surface area contributed by atoms with Gasteiger partial charge in [0.1, 0.15) is 6.10 Å². The van der Waals surface area contributed by atoms with Crippen LogP contribution in [0.25, 0.3) is 0 Å². The smallest absolute Gasteiger partial charge is 0.407 e. The zero-order valence-electron chi connectivity index (χ0n) is 12.7. The molecule has 1 aliphatic carbocycles. The number of carbonyl (C=O) groups is 2. The van der Waals surface area contributed by atoms with Crippen molar-refractivity contribution in [1.29, 1.82) is 0 Å². The van der Waals surface area contributed by atoms with E-state index in [0.29, 0.717) is 11.2 Å². The van der Waals surface area contributed by atoms with E-state index in [9.17, 15) is 9.59 Å². The normalized spacial score (nSPS) is 19.5. The minimum atomic E-state index is -0.667. The van der Waals surface area contributed by atoms with Crippen LogP contribution in [0.3, 0.4) is 0 Å². The lowest BCUT2D eigenvalue weighted by atomic mass is 9.62. The Morgan fingerprint density at radius 3 is 2.74 bits per heavy atom. The molecule has 0 atom stereocenters. The van der Waals surface area contributed by atoms with Gasteiger partial charge in [0.15, 0.2) is 11.5 Å². The fraction of sp³-hybridized carbons (Fsp3) is 0.643. The lowest BCUT2D eigenvalue weighted by Gasteiger charge is -2.49. The number of amides is 2. The highest BCUT2D eigenvalue weighted by atomic mass is 35.5. The molecule has 2 amide bonds. The number of ether oxygens (including phenoxy) is 1. The molecule has 9 heteroatoms. The SMILES string of the molecule is Cl.NC(=O)c1cc(CNC(=O)OC2CC3(CCNCC3)C2)on1. The molecule has 1 aromatic rings. The molecule has 0 unspecified atom stereocenters. The van der Waals surface area contributed by atoms with Gasteiger partial charge < -0.3 is 25.6 Å². The van der Waals surface area contributed by atoms with Crippen LogP contribution >= 0.6 is 12.4 Å². The van der Waals surface area contributed by atoms with Crippen LogP contribution in [0.15, 0.2) is 10.6 Å². The number of primary amides is 1. The number of piperidine rings is 1.